The molecule has 3 nitrogen and oxygen atoms in total. The minimum Gasteiger partial charge on any atom is -0.386 e. The summed E-state index contributed by atoms with van der Waals surface area (Å²) in [5, 5.41) is 13.5. The molecule has 4 heteroatoms. The Bertz CT molecular complexity index is 255. The van der Waals surface area contributed by atoms with E-state index in [-0.39, 0.29) is 12.1 Å². The lowest BCUT2D eigenvalue weighted by atomic mass is 10.0. The molecule has 2 rings (SSSR count). The number of aromatic nitrogens is 1. The number of rotatable bonds is 2. The predicted octanol–water partition coefficient (Wildman–Crippen LogP) is 1.71. The first-order valence-electron chi connectivity index (χ1n) is 5.18. The molecule has 0 radical (unpaired) electrons. The summed E-state index contributed by atoms with van der Waals surface area (Å²) in [4.78, 5) is 4.97. The first-order valence-corrected chi connectivity index (χ1v) is 6.06. The van der Waals surface area contributed by atoms with Crippen molar-refractivity contribution in [3.8, 4) is 0 Å². The zero-order chi connectivity index (χ0) is 9.80. The van der Waals surface area contributed by atoms with E-state index in [0.717, 1.165) is 17.8 Å². The zero-order valence-corrected chi connectivity index (χ0v) is 8.96. The van der Waals surface area contributed by atoms with E-state index in [1.807, 2.05) is 0 Å². The number of nitrogens with zero attached hydrogens (tertiary/aromatic N) is 1. The van der Waals surface area contributed by atoms with Gasteiger partial charge in [-0.05, 0) is 19.4 Å². The Hall–Kier alpha value is -0.450. The summed E-state index contributed by atoms with van der Waals surface area (Å²) in [5.41, 5.74) is 1.77. The van der Waals surface area contributed by atoms with Crippen LogP contribution in [0.25, 0.3) is 0 Å². The van der Waals surface area contributed by atoms with Crippen molar-refractivity contribution in [2.75, 3.05) is 6.54 Å². The van der Waals surface area contributed by atoms with Gasteiger partial charge in [-0.3, -0.25) is 4.98 Å². The monoisotopic (exact) mass is 212 g/mol. The molecule has 2 atom stereocenters. The number of hydrogen-bond donors (Lipinski definition) is 2. The second-order valence-corrected chi connectivity index (χ2v) is 4.68. The van der Waals surface area contributed by atoms with E-state index >= 15 is 0 Å². The van der Waals surface area contributed by atoms with Gasteiger partial charge in [0.05, 0.1) is 10.4 Å². The molecule has 14 heavy (non-hydrogen) atoms. The molecule has 2 N–H and O–H groups in total. The molecule has 0 bridgehead atoms. The third-order valence-electron chi connectivity index (χ3n) is 2.72. The van der Waals surface area contributed by atoms with Crippen LogP contribution in [0.15, 0.2) is 11.7 Å². The van der Waals surface area contributed by atoms with Crippen molar-refractivity contribution < 1.29 is 5.11 Å². The van der Waals surface area contributed by atoms with Gasteiger partial charge < -0.3 is 10.4 Å². The van der Waals surface area contributed by atoms with Crippen molar-refractivity contribution in [3.05, 3.63) is 16.6 Å². The third kappa shape index (κ3) is 2.32. The smallest absolute Gasteiger partial charge is 0.105 e. The van der Waals surface area contributed by atoms with Gasteiger partial charge in [0.1, 0.15) is 6.10 Å². The standard InChI is InChI=1S/C10H16N2OS/c13-10(9-6-11-7-14-9)8-4-2-1-3-5-12-8/h6-8,10,12-13H,1-5H2. The summed E-state index contributed by atoms with van der Waals surface area (Å²) in [5.74, 6) is 0. The highest BCUT2D eigenvalue weighted by Gasteiger charge is 2.22. The van der Waals surface area contributed by atoms with Gasteiger partial charge in [-0.2, -0.15) is 0 Å². The van der Waals surface area contributed by atoms with E-state index < -0.39 is 0 Å². The van der Waals surface area contributed by atoms with Crippen molar-refractivity contribution in [1.82, 2.24) is 10.3 Å². The summed E-state index contributed by atoms with van der Waals surface area (Å²) in [6.07, 6.45) is 6.18. The number of aliphatic hydroxyl groups is 1. The summed E-state index contributed by atoms with van der Waals surface area (Å²) >= 11 is 1.53. The van der Waals surface area contributed by atoms with Crippen molar-refractivity contribution in [1.29, 1.82) is 0 Å². The van der Waals surface area contributed by atoms with Crippen LogP contribution in [-0.2, 0) is 0 Å². The van der Waals surface area contributed by atoms with E-state index in [1.54, 1.807) is 11.7 Å². The fraction of sp³-hybridized carbons (Fsp3) is 0.700. The number of hydrogen-bond acceptors (Lipinski definition) is 4. The molecule has 0 saturated carbocycles. The Morgan fingerprint density at radius 3 is 3.21 bits per heavy atom. The molecule has 1 aliphatic rings. The molecule has 1 aromatic rings. The number of thiazole rings is 1. The van der Waals surface area contributed by atoms with Crippen molar-refractivity contribution >= 4 is 11.3 Å². The molecular weight excluding hydrogens is 196 g/mol. The van der Waals surface area contributed by atoms with Gasteiger partial charge in [-0.15, -0.1) is 11.3 Å². The first kappa shape index (κ1) is 10.1. The van der Waals surface area contributed by atoms with Crippen molar-refractivity contribution in [2.24, 2.45) is 0 Å². The Labute approximate surface area is 88.2 Å². The summed E-state index contributed by atoms with van der Waals surface area (Å²) in [6.45, 7) is 1.03. The van der Waals surface area contributed by atoms with Gasteiger partial charge in [-0.25, -0.2) is 0 Å². The van der Waals surface area contributed by atoms with E-state index in [2.05, 4.69) is 10.3 Å². The fourth-order valence-electron chi connectivity index (χ4n) is 1.90. The maximum atomic E-state index is 10.1. The van der Waals surface area contributed by atoms with Crippen LogP contribution < -0.4 is 5.32 Å². The summed E-state index contributed by atoms with van der Waals surface area (Å²) in [7, 11) is 0. The van der Waals surface area contributed by atoms with E-state index in [9.17, 15) is 5.11 Å². The van der Waals surface area contributed by atoms with Gasteiger partial charge in [0.15, 0.2) is 0 Å². The maximum absolute atomic E-state index is 10.1. The fourth-order valence-corrected chi connectivity index (χ4v) is 2.56. The topological polar surface area (TPSA) is 45.2 Å². The zero-order valence-electron chi connectivity index (χ0n) is 8.15. The van der Waals surface area contributed by atoms with Crippen LogP contribution in [0.1, 0.15) is 36.7 Å². The molecule has 0 spiro atoms. The minimum atomic E-state index is -0.374. The lowest BCUT2D eigenvalue weighted by molar-refractivity contribution is 0.129. The molecule has 0 aromatic carbocycles. The lowest BCUT2D eigenvalue weighted by Gasteiger charge is -2.20. The molecule has 0 amide bonds. The largest absolute Gasteiger partial charge is 0.386 e. The lowest BCUT2D eigenvalue weighted by Crippen LogP contribution is -2.33. The Balaban J connectivity index is 1.99. The van der Waals surface area contributed by atoms with Crippen LogP contribution in [0, 0.1) is 0 Å². The van der Waals surface area contributed by atoms with Crippen molar-refractivity contribution in [3.63, 3.8) is 0 Å². The van der Waals surface area contributed by atoms with E-state index in [1.165, 1.54) is 30.6 Å². The normalized spacial score (nSPS) is 25.6. The molecular formula is C10H16N2OS. The number of nitrogens with one attached hydrogen (secondary N) is 1. The Kier molecular flexibility index (Phi) is 3.50. The van der Waals surface area contributed by atoms with Crippen LogP contribution in [-0.4, -0.2) is 22.7 Å². The highest BCUT2D eigenvalue weighted by atomic mass is 32.1. The molecule has 2 heterocycles. The minimum absolute atomic E-state index is 0.220. The quantitative estimate of drug-likeness (QED) is 0.784. The van der Waals surface area contributed by atoms with Gasteiger partial charge in [0.2, 0.25) is 0 Å². The molecule has 78 valence electrons. The van der Waals surface area contributed by atoms with Gasteiger partial charge in [0, 0.05) is 12.2 Å². The van der Waals surface area contributed by atoms with Gasteiger partial charge >= 0.3 is 0 Å². The second-order valence-electron chi connectivity index (χ2n) is 3.76. The number of aliphatic hydroxyl groups excluding tert-OH is 1. The van der Waals surface area contributed by atoms with Crippen molar-refractivity contribution in [2.45, 2.75) is 37.8 Å². The Morgan fingerprint density at radius 2 is 2.43 bits per heavy atom. The SMILES string of the molecule is OC(c1cncs1)C1CCCCCN1. The molecule has 1 fully saturated rings. The average Bonchev–Trinajstić information content (AvgIpc) is 2.59. The van der Waals surface area contributed by atoms with E-state index in [4.69, 9.17) is 0 Å². The average molecular weight is 212 g/mol. The summed E-state index contributed by atoms with van der Waals surface area (Å²) in [6, 6.07) is 0.220. The molecule has 1 aromatic heterocycles. The highest BCUT2D eigenvalue weighted by molar-refractivity contribution is 7.09. The second kappa shape index (κ2) is 4.87. The van der Waals surface area contributed by atoms with Gasteiger partial charge in [0.25, 0.3) is 0 Å². The van der Waals surface area contributed by atoms with Gasteiger partial charge in [-0.1, -0.05) is 12.8 Å². The molecule has 2 unspecified atom stereocenters. The molecule has 1 saturated heterocycles. The van der Waals surface area contributed by atoms with Crippen LogP contribution in [0.2, 0.25) is 0 Å². The summed E-state index contributed by atoms with van der Waals surface area (Å²) < 4.78 is 0. The Morgan fingerprint density at radius 1 is 1.50 bits per heavy atom. The van der Waals surface area contributed by atoms with Crippen LogP contribution in [0.3, 0.4) is 0 Å². The highest BCUT2D eigenvalue weighted by Crippen LogP contribution is 2.24. The molecule has 0 aliphatic carbocycles. The van der Waals surface area contributed by atoms with Crippen LogP contribution in [0.4, 0.5) is 0 Å². The third-order valence-corrected chi connectivity index (χ3v) is 3.57. The first-order chi connectivity index (χ1) is 6.88. The van der Waals surface area contributed by atoms with Crippen LogP contribution >= 0.6 is 11.3 Å². The van der Waals surface area contributed by atoms with E-state index in [0.29, 0.717) is 0 Å². The van der Waals surface area contributed by atoms with Crippen LogP contribution in [0.5, 0.6) is 0 Å². The maximum Gasteiger partial charge on any atom is 0.105 e. The predicted molar refractivity (Wildman–Crippen MR) is 57.3 cm³/mol. The molecule has 1 aliphatic heterocycles.